The van der Waals surface area contributed by atoms with Gasteiger partial charge >= 0.3 is 0 Å². The fraction of sp³-hybridized carbons (Fsp3) is 0.235. The van der Waals surface area contributed by atoms with Crippen LogP contribution in [-0.2, 0) is 21.4 Å². The Balaban J connectivity index is 2.11. The topological polar surface area (TPSA) is 66.5 Å². The van der Waals surface area contributed by atoms with Crippen molar-refractivity contribution in [2.24, 2.45) is 0 Å². The van der Waals surface area contributed by atoms with Crippen LogP contribution in [0.25, 0.3) is 0 Å². The molecule has 0 heterocycles. The Labute approximate surface area is 157 Å². The predicted molar refractivity (Wildman–Crippen MR) is 102 cm³/mol. The van der Waals surface area contributed by atoms with Crippen molar-refractivity contribution in [1.29, 1.82) is 0 Å². The number of carbonyl (C=O) groups is 1. The zero-order chi connectivity index (χ0) is 18.6. The zero-order valence-corrected chi connectivity index (χ0v) is 16.1. The van der Waals surface area contributed by atoms with Crippen molar-refractivity contribution >= 4 is 44.8 Å². The van der Waals surface area contributed by atoms with E-state index in [1.807, 2.05) is 31.2 Å². The molecule has 0 radical (unpaired) electrons. The third-order valence-electron chi connectivity index (χ3n) is 3.48. The van der Waals surface area contributed by atoms with Crippen LogP contribution in [0.15, 0.2) is 42.5 Å². The second-order valence-corrected chi connectivity index (χ2v) is 8.38. The Hall–Kier alpha value is -1.76. The number of anilines is 1. The lowest BCUT2D eigenvalue weighted by molar-refractivity contribution is -0.119. The van der Waals surface area contributed by atoms with Crippen molar-refractivity contribution < 1.29 is 13.2 Å². The minimum Gasteiger partial charge on any atom is -0.350 e. The predicted octanol–water partition coefficient (Wildman–Crippen LogP) is 3.38. The third-order valence-corrected chi connectivity index (χ3v) is 5.14. The lowest BCUT2D eigenvalue weighted by Gasteiger charge is -2.23. The van der Waals surface area contributed by atoms with Gasteiger partial charge in [0, 0.05) is 11.6 Å². The first-order valence-electron chi connectivity index (χ1n) is 7.42. The molecule has 8 heteroatoms. The second kappa shape index (κ2) is 8.08. The maximum atomic E-state index is 12.2. The number of aryl methyl sites for hydroxylation is 1. The highest BCUT2D eigenvalue weighted by Crippen LogP contribution is 2.30. The van der Waals surface area contributed by atoms with Gasteiger partial charge in [-0.1, -0.05) is 53.0 Å². The van der Waals surface area contributed by atoms with Gasteiger partial charge in [0.1, 0.15) is 6.54 Å². The molecule has 0 aromatic heterocycles. The number of benzene rings is 2. The van der Waals surface area contributed by atoms with E-state index in [1.54, 1.807) is 0 Å². The summed E-state index contributed by atoms with van der Waals surface area (Å²) in [4.78, 5) is 12.2. The number of carbonyl (C=O) groups excluding carboxylic acids is 1. The summed E-state index contributed by atoms with van der Waals surface area (Å²) in [5, 5.41) is 3.24. The van der Waals surface area contributed by atoms with Crippen molar-refractivity contribution in [1.82, 2.24) is 5.32 Å². The molecule has 1 N–H and O–H groups in total. The Morgan fingerprint density at radius 1 is 1.12 bits per heavy atom. The van der Waals surface area contributed by atoms with Crippen molar-refractivity contribution in [2.45, 2.75) is 13.5 Å². The summed E-state index contributed by atoms with van der Waals surface area (Å²) in [6.45, 7) is 1.92. The molecule has 0 saturated carbocycles. The average Bonchev–Trinajstić information content (AvgIpc) is 2.52. The van der Waals surface area contributed by atoms with Crippen molar-refractivity contribution in [3.05, 3.63) is 63.6 Å². The molecule has 0 aliphatic carbocycles. The van der Waals surface area contributed by atoms with Crippen molar-refractivity contribution in [3.63, 3.8) is 0 Å². The first-order valence-corrected chi connectivity index (χ1v) is 10.0. The van der Waals surface area contributed by atoms with Crippen LogP contribution >= 0.6 is 23.2 Å². The summed E-state index contributed by atoms with van der Waals surface area (Å²) in [7, 11) is -3.69. The summed E-state index contributed by atoms with van der Waals surface area (Å²) < 4.78 is 25.1. The highest BCUT2D eigenvalue weighted by Gasteiger charge is 2.23. The van der Waals surface area contributed by atoms with Gasteiger partial charge in [0.15, 0.2) is 0 Å². The van der Waals surface area contributed by atoms with Gasteiger partial charge in [0.05, 0.1) is 17.0 Å². The normalized spacial score (nSPS) is 11.2. The summed E-state index contributed by atoms with van der Waals surface area (Å²) in [5.41, 5.74) is 2.25. The molecule has 0 aliphatic heterocycles. The minimum absolute atomic E-state index is 0.157. The number of nitrogens with zero attached hydrogens (tertiary/aromatic N) is 1. The van der Waals surface area contributed by atoms with Gasteiger partial charge in [-0.2, -0.15) is 0 Å². The number of halogens is 2. The molecule has 0 unspecified atom stereocenters. The number of nitrogens with one attached hydrogen (secondary N) is 1. The fourth-order valence-corrected chi connectivity index (χ4v) is 3.59. The lowest BCUT2D eigenvalue weighted by Crippen LogP contribution is -2.40. The molecule has 134 valence electrons. The zero-order valence-electron chi connectivity index (χ0n) is 13.8. The molecule has 0 fully saturated rings. The minimum atomic E-state index is -3.69. The van der Waals surface area contributed by atoms with E-state index in [4.69, 9.17) is 23.2 Å². The van der Waals surface area contributed by atoms with Crippen molar-refractivity contribution in [3.8, 4) is 0 Å². The van der Waals surface area contributed by atoms with E-state index in [2.05, 4.69) is 5.32 Å². The fourth-order valence-electron chi connectivity index (χ4n) is 2.16. The maximum Gasteiger partial charge on any atom is 0.241 e. The van der Waals surface area contributed by atoms with Gasteiger partial charge in [-0.3, -0.25) is 9.10 Å². The van der Waals surface area contributed by atoms with Gasteiger partial charge in [-0.25, -0.2) is 8.42 Å². The average molecular weight is 401 g/mol. The smallest absolute Gasteiger partial charge is 0.241 e. The second-order valence-electron chi connectivity index (χ2n) is 5.63. The van der Waals surface area contributed by atoms with Crippen LogP contribution in [0.1, 0.15) is 11.1 Å². The van der Waals surface area contributed by atoms with E-state index in [0.29, 0.717) is 11.6 Å². The Kier molecular flexibility index (Phi) is 6.32. The van der Waals surface area contributed by atoms with E-state index < -0.39 is 15.9 Å². The number of rotatable bonds is 6. The monoisotopic (exact) mass is 400 g/mol. The number of hydrogen-bond donors (Lipinski definition) is 1. The number of amides is 1. The van der Waals surface area contributed by atoms with Crippen LogP contribution in [0.5, 0.6) is 0 Å². The summed E-state index contributed by atoms with van der Waals surface area (Å²) in [6, 6.07) is 12.1. The molecule has 0 atom stereocenters. The van der Waals surface area contributed by atoms with Crippen LogP contribution in [0.2, 0.25) is 10.0 Å². The van der Waals surface area contributed by atoms with Gasteiger partial charge < -0.3 is 5.32 Å². The van der Waals surface area contributed by atoms with Gasteiger partial charge in [-0.05, 0) is 30.7 Å². The van der Waals surface area contributed by atoms with Crippen molar-refractivity contribution in [2.75, 3.05) is 17.1 Å². The molecule has 0 bridgehead atoms. The largest absolute Gasteiger partial charge is 0.350 e. The van der Waals surface area contributed by atoms with E-state index in [0.717, 1.165) is 21.7 Å². The molecule has 0 spiro atoms. The highest BCUT2D eigenvalue weighted by atomic mass is 35.5. The van der Waals surface area contributed by atoms with Gasteiger partial charge in [-0.15, -0.1) is 0 Å². The van der Waals surface area contributed by atoms with Crippen LogP contribution in [0.4, 0.5) is 5.69 Å². The quantitative estimate of drug-likeness (QED) is 0.807. The molecular formula is C17H18Cl2N2O3S. The molecule has 25 heavy (non-hydrogen) atoms. The number of sulfonamides is 1. The highest BCUT2D eigenvalue weighted by molar-refractivity contribution is 7.92. The molecule has 0 saturated heterocycles. The standard InChI is InChI=1S/C17H18Cl2N2O3S/c1-12-3-5-13(6-4-12)10-20-17(22)11-21(25(2,23)24)16-8-7-14(18)9-15(16)19/h3-9H,10-11H2,1-2H3,(H,20,22). The van der Waals surface area contributed by atoms with E-state index in [1.165, 1.54) is 18.2 Å². The van der Waals surface area contributed by atoms with Gasteiger partial charge in [0.25, 0.3) is 0 Å². The molecular weight excluding hydrogens is 383 g/mol. The van der Waals surface area contributed by atoms with Crippen LogP contribution in [0.3, 0.4) is 0 Å². The molecule has 5 nitrogen and oxygen atoms in total. The Morgan fingerprint density at radius 3 is 2.32 bits per heavy atom. The Morgan fingerprint density at radius 2 is 1.76 bits per heavy atom. The lowest BCUT2D eigenvalue weighted by atomic mass is 10.1. The maximum absolute atomic E-state index is 12.2. The molecule has 2 aromatic rings. The summed E-state index contributed by atoms with van der Waals surface area (Å²) >= 11 is 11.9. The van der Waals surface area contributed by atoms with Crippen LogP contribution < -0.4 is 9.62 Å². The molecule has 2 rings (SSSR count). The first kappa shape index (κ1) is 19.6. The van der Waals surface area contributed by atoms with E-state index >= 15 is 0 Å². The third kappa shape index (κ3) is 5.63. The van der Waals surface area contributed by atoms with Gasteiger partial charge in [0.2, 0.25) is 15.9 Å². The van der Waals surface area contributed by atoms with Crippen LogP contribution in [-0.4, -0.2) is 27.1 Å². The van der Waals surface area contributed by atoms with E-state index in [-0.39, 0.29) is 17.3 Å². The molecule has 2 aromatic carbocycles. The number of hydrogen-bond acceptors (Lipinski definition) is 3. The summed E-state index contributed by atoms with van der Waals surface area (Å²) in [5.74, 6) is -0.433. The Bertz CT molecular complexity index is 868. The first-order chi connectivity index (χ1) is 11.7. The summed E-state index contributed by atoms with van der Waals surface area (Å²) in [6.07, 6.45) is 1.02. The molecule has 0 aliphatic rings. The SMILES string of the molecule is Cc1ccc(CNC(=O)CN(c2ccc(Cl)cc2Cl)S(C)(=O)=O)cc1. The molecule has 1 amide bonds. The van der Waals surface area contributed by atoms with Crippen LogP contribution in [0, 0.1) is 6.92 Å². The van der Waals surface area contributed by atoms with E-state index in [9.17, 15) is 13.2 Å².